The minimum Gasteiger partial charge on any atom is -0.466 e. The standard InChI is InChI=1S/C15H22BrNO2/c1-9-6-10-11(17-13(18)15(4,5)16)7-14(2,3)8-12(10)19-9/h6,11H,7-8H2,1-5H3,(H,17,18). The molecule has 0 fully saturated rings. The Balaban J connectivity index is 2.28. The van der Waals surface area contributed by atoms with Crippen LogP contribution in [0.1, 0.15) is 57.2 Å². The SMILES string of the molecule is Cc1cc2c(o1)CC(C)(C)CC2NC(=O)C(C)(C)Br. The number of aryl methyl sites for hydroxylation is 1. The largest absolute Gasteiger partial charge is 0.466 e. The van der Waals surface area contributed by atoms with E-state index in [0.29, 0.717) is 0 Å². The van der Waals surface area contributed by atoms with Crippen LogP contribution in [0, 0.1) is 12.3 Å². The Bertz CT molecular complexity index is 497. The Morgan fingerprint density at radius 2 is 2.16 bits per heavy atom. The van der Waals surface area contributed by atoms with Gasteiger partial charge in [0.05, 0.1) is 10.4 Å². The van der Waals surface area contributed by atoms with Crippen LogP contribution in [-0.2, 0) is 11.2 Å². The van der Waals surface area contributed by atoms with Gasteiger partial charge in [0.1, 0.15) is 11.5 Å². The number of amides is 1. The number of nitrogens with one attached hydrogen (secondary N) is 1. The second kappa shape index (κ2) is 4.65. The summed E-state index contributed by atoms with van der Waals surface area (Å²) in [6, 6.07) is 2.09. The van der Waals surface area contributed by atoms with Crippen molar-refractivity contribution in [3.05, 3.63) is 23.2 Å². The zero-order valence-corrected chi connectivity index (χ0v) is 13.8. The first kappa shape index (κ1) is 14.6. The summed E-state index contributed by atoms with van der Waals surface area (Å²) in [7, 11) is 0. The fraction of sp³-hybridized carbons (Fsp3) is 0.667. The van der Waals surface area contributed by atoms with Crippen molar-refractivity contribution in [1.29, 1.82) is 0 Å². The zero-order valence-electron chi connectivity index (χ0n) is 12.3. The van der Waals surface area contributed by atoms with E-state index in [1.165, 1.54) is 0 Å². The molecule has 106 valence electrons. The van der Waals surface area contributed by atoms with E-state index in [-0.39, 0.29) is 17.4 Å². The van der Waals surface area contributed by atoms with Gasteiger partial charge in [0.15, 0.2) is 0 Å². The minimum atomic E-state index is -0.548. The van der Waals surface area contributed by atoms with E-state index < -0.39 is 4.32 Å². The van der Waals surface area contributed by atoms with Gasteiger partial charge in [0, 0.05) is 12.0 Å². The van der Waals surface area contributed by atoms with Crippen LogP contribution in [-0.4, -0.2) is 10.2 Å². The lowest BCUT2D eigenvalue weighted by molar-refractivity contribution is -0.123. The third kappa shape index (κ3) is 3.22. The molecule has 1 heterocycles. The maximum atomic E-state index is 12.2. The Labute approximate surface area is 123 Å². The third-order valence-corrected chi connectivity index (χ3v) is 3.94. The molecule has 1 atom stereocenters. The van der Waals surface area contributed by atoms with Crippen LogP contribution < -0.4 is 5.32 Å². The molecule has 1 aromatic heterocycles. The summed E-state index contributed by atoms with van der Waals surface area (Å²) in [5, 5.41) is 3.14. The van der Waals surface area contributed by atoms with Crippen molar-refractivity contribution in [2.75, 3.05) is 0 Å². The quantitative estimate of drug-likeness (QED) is 0.837. The predicted octanol–water partition coefficient (Wildman–Crippen LogP) is 3.89. The summed E-state index contributed by atoms with van der Waals surface area (Å²) >= 11 is 3.41. The Hall–Kier alpha value is -0.770. The molecule has 1 amide bonds. The van der Waals surface area contributed by atoms with Gasteiger partial charge in [0.2, 0.25) is 5.91 Å². The molecule has 0 saturated carbocycles. The molecule has 0 aromatic carbocycles. The van der Waals surface area contributed by atoms with Gasteiger partial charge in [-0.2, -0.15) is 0 Å². The summed E-state index contributed by atoms with van der Waals surface area (Å²) in [6.45, 7) is 10.1. The molecular formula is C15H22BrNO2. The number of alkyl halides is 1. The summed E-state index contributed by atoms with van der Waals surface area (Å²) in [4.78, 5) is 12.2. The monoisotopic (exact) mass is 327 g/mol. The molecule has 0 bridgehead atoms. The molecule has 4 heteroatoms. The van der Waals surface area contributed by atoms with E-state index in [9.17, 15) is 4.79 Å². The molecule has 3 nitrogen and oxygen atoms in total. The van der Waals surface area contributed by atoms with Crippen LogP contribution in [0.4, 0.5) is 0 Å². The van der Waals surface area contributed by atoms with Gasteiger partial charge >= 0.3 is 0 Å². The number of furan rings is 1. The number of hydrogen-bond donors (Lipinski definition) is 1. The van der Waals surface area contributed by atoms with Crippen molar-refractivity contribution in [2.45, 2.75) is 57.8 Å². The highest BCUT2D eigenvalue weighted by atomic mass is 79.9. The summed E-state index contributed by atoms with van der Waals surface area (Å²) in [5.41, 5.74) is 1.29. The average Bonchev–Trinajstić information content (AvgIpc) is 2.55. The number of hydrogen-bond acceptors (Lipinski definition) is 2. The minimum absolute atomic E-state index is 0.0139. The van der Waals surface area contributed by atoms with E-state index >= 15 is 0 Å². The highest BCUT2D eigenvalue weighted by Gasteiger charge is 2.37. The smallest absolute Gasteiger partial charge is 0.236 e. The lowest BCUT2D eigenvalue weighted by atomic mass is 9.74. The van der Waals surface area contributed by atoms with E-state index in [2.05, 4.69) is 41.2 Å². The Morgan fingerprint density at radius 3 is 2.74 bits per heavy atom. The first-order chi connectivity index (χ1) is 8.58. The van der Waals surface area contributed by atoms with Crippen molar-refractivity contribution in [3.8, 4) is 0 Å². The van der Waals surface area contributed by atoms with Crippen LogP contribution >= 0.6 is 15.9 Å². The van der Waals surface area contributed by atoms with Crippen molar-refractivity contribution in [1.82, 2.24) is 5.32 Å². The topological polar surface area (TPSA) is 42.2 Å². The fourth-order valence-electron chi connectivity index (χ4n) is 2.64. The van der Waals surface area contributed by atoms with Gasteiger partial charge in [0.25, 0.3) is 0 Å². The number of carbonyl (C=O) groups is 1. The van der Waals surface area contributed by atoms with Crippen LogP contribution in [0.2, 0.25) is 0 Å². The Kier molecular flexibility index (Phi) is 3.58. The van der Waals surface area contributed by atoms with Crippen molar-refractivity contribution in [3.63, 3.8) is 0 Å². The summed E-state index contributed by atoms with van der Waals surface area (Å²) in [5.74, 6) is 1.95. The van der Waals surface area contributed by atoms with Gasteiger partial charge in [-0.05, 0) is 38.7 Å². The zero-order chi connectivity index (χ0) is 14.4. The number of carbonyl (C=O) groups excluding carboxylic acids is 1. The molecule has 1 aliphatic carbocycles. The predicted molar refractivity (Wildman–Crippen MR) is 79.4 cm³/mol. The molecule has 1 aromatic rings. The molecular weight excluding hydrogens is 306 g/mol. The second-order valence-corrected chi connectivity index (χ2v) is 8.76. The first-order valence-electron chi connectivity index (χ1n) is 6.67. The van der Waals surface area contributed by atoms with E-state index in [1.807, 2.05) is 20.8 Å². The first-order valence-corrected chi connectivity index (χ1v) is 7.47. The summed E-state index contributed by atoms with van der Waals surface area (Å²) < 4.78 is 5.23. The molecule has 1 aliphatic rings. The average molecular weight is 328 g/mol. The van der Waals surface area contributed by atoms with Gasteiger partial charge < -0.3 is 9.73 Å². The Morgan fingerprint density at radius 1 is 1.53 bits per heavy atom. The second-order valence-electron chi connectivity index (χ2n) is 6.78. The van der Waals surface area contributed by atoms with Crippen molar-refractivity contribution in [2.24, 2.45) is 5.41 Å². The van der Waals surface area contributed by atoms with Crippen LogP contribution in [0.3, 0.4) is 0 Å². The van der Waals surface area contributed by atoms with Crippen molar-refractivity contribution >= 4 is 21.8 Å². The lowest BCUT2D eigenvalue weighted by Crippen LogP contribution is -2.42. The highest BCUT2D eigenvalue weighted by molar-refractivity contribution is 9.10. The lowest BCUT2D eigenvalue weighted by Gasteiger charge is -2.35. The van der Waals surface area contributed by atoms with Gasteiger partial charge in [-0.25, -0.2) is 0 Å². The van der Waals surface area contributed by atoms with E-state index in [0.717, 1.165) is 29.9 Å². The third-order valence-electron chi connectivity index (χ3n) is 3.58. The van der Waals surface area contributed by atoms with Crippen LogP contribution in [0.15, 0.2) is 10.5 Å². The van der Waals surface area contributed by atoms with E-state index in [4.69, 9.17) is 4.42 Å². The van der Waals surface area contributed by atoms with Crippen LogP contribution in [0.25, 0.3) is 0 Å². The molecule has 0 saturated heterocycles. The van der Waals surface area contributed by atoms with Crippen molar-refractivity contribution < 1.29 is 9.21 Å². The molecule has 0 radical (unpaired) electrons. The van der Waals surface area contributed by atoms with Gasteiger partial charge in [-0.3, -0.25) is 4.79 Å². The molecule has 1 N–H and O–H groups in total. The number of rotatable bonds is 2. The number of halogens is 1. The van der Waals surface area contributed by atoms with Crippen LogP contribution in [0.5, 0.6) is 0 Å². The molecule has 19 heavy (non-hydrogen) atoms. The molecule has 1 unspecified atom stereocenters. The van der Waals surface area contributed by atoms with Gasteiger partial charge in [-0.15, -0.1) is 0 Å². The molecule has 0 spiro atoms. The maximum Gasteiger partial charge on any atom is 0.236 e. The fourth-order valence-corrected chi connectivity index (χ4v) is 2.76. The maximum absolute atomic E-state index is 12.2. The normalized spacial score (nSPS) is 21.9. The molecule has 2 rings (SSSR count). The van der Waals surface area contributed by atoms with Gasteiger partial charge in [-0.1, -0.05) is 29.8 Å². The highest BCUT2D eigenvalue weighted by Crippen LogP contribution is 2.42. The van der Waals surface area contributed by atoms with E-state index in [1.54, 1.807) is 0 Å². The summed E-state index contributed by atoms with van der Waals surface area (Å²) in [6.07, 6.45) is 1.87. The molecule has 0 aliphatic heterocycles. The number of fused-ring (bicyclic) bond motifs is 1.